The molecule has 2 aliphatic rings. The van der Waals surface area contributed by atoms with Gasteiger partial charge in [-0.1, -0.05) is 6.07 Å². The molecule has 0 unspecified atom stereocenters. The number of fused-ring (bicyclic) bond motifs is 1. The molecule has 1 saturated heterocycles. The summed E-state index contributed by atoms with van der Waals surface area (Å²) in [5.74, 6) is 0.522. The maximum Gasteiger partial charge on any atom is 0.573 e. The highest BCUT2D eigenvalue weighted by Crippen LogP contribution is 2.30. The maximum atomic E-state index is 12.5. The third-order valence-electron chi connectivity index (χ3n) is 4.78. The number of ether oxygens (including phenoxy) is 1. The Bertz CT molecular complexity index is 875. The molecular weight excluding hydrogens is 359 g/mol. The number of hydrogen-bond donors (Lipinski definition) is 1. The lowest BCUT2D eigenvalue weighted by molar-refractivity contribution is -0.274. The molecule has 0 radical (unpaired) electrons. The summed E-state index contributed by atoms with van der Waals surface area (Å²) >= 11 is 0. The van der Waals surface area contributed by atoms with E-state index in [2.05, 4.69) is 19.6 Å². The smallest absolute Gasteiger partial charge is 0.406 e. The number of anilines is 1. The Morgan fingerprint density at radius 2 is 1.89 bits per heavy atom. The number of hydrogen-bond acceptors (Lipinski definition) is 5. The largest absolute Gasteiger partial charge is 0.573 e. The number of piperidine rings is 1. The van der Waals surface area contributed by atoms with Crippen LogP contribution < -0.4 is 9.64 Å². The Balaban J connectivity index is 1.61. The normalized spacial score (nSPS) is 17.6. The van der Waals surface area contributed by atoms with Gasteiger partial charge in [-0.3, -0.25) is 4.99 Å². The molecule has 2 aromatic rings. The molecule has 1 fully saturated rings. The van der Waals surface area contributed by atoms with Gasteiger partial charge >= 0.3 is 6.36 Å². The van der Waals surface area contributed by atoms with Crippen molar-refractivity contribution in [2.45, 2.75) is 31.9 Å². The Morgan fingerprint density at radius 1 is 1.11 bits per heavy atom. The van der Waals surface area contributed by atoms with E-state index >= 15 is 0 Å². The van der Waals surface area contributed by atoms with E-state index in [1.165, 1.54) is 12.1 Å². The van der Waals surface area contributed by atoms with Crippen molar-refractivity contribution in [3.8, 4) is 5.75 Å². The molecule has 0 spiro atoms. The number of alkyl halides is 3. The number of halogens is 3. The van der Waals surface area contributed by atoms with E-state index in [9.17, 15) is 18.3 Å². The van der Waals surface area contributed by atoms with Gasteiger partial charge < -0.3 is 14.7 Å². The van der Waals surface area contributed by atoms with Crippen LogP contribution in [0.2, 0.25) is 0 Å². The fraction of sp³-hybridized carbons (Fsp3) is 0.368. The van der Waals surface area contributed by atoms with Gasteiger partial charge in [-0.05, 0) is 42.7 Å². The van der Waals surface area contributed by atoms with Gasteiger partial charge in [0.2, 0.25) is 0 Å². The molecule has 3 heterocycles. The van der Waals surface area contributed by atoms with Crippen LogP contribution >= 0.6 is 0 Å². The highest BCUT2D eigenvalue weighted by Gasteiger charge is 2.32. The van der Waals surface area contributed by atoms with Gasteiger partial charge in [0.15, 0.2) is 0 Å². The second-order valence-electron chi connectivity index (χ2n) is 6.65. The Hall–Kier alpha value is -2.61. The summed E-state index contributed by atoms with van der Waals surface area (Å²) < 4.78 is 41.6. The second kappa shape index (κ2) is 6.84. The Labute approximate surface area is 154 Å². The first-order valence-corrected chi connectivity index (χ1v) is 8.72. The molecule has 4 rings (SSSR count). The van der Waals surface area contributed by atoms with Crippen LogP contribution in [0.25, 0.3) is 0 Å². The first-order valence-electron chi connectivity index (χ1n) is 8.72. The van der Waals surface area contributed by atoms with Crippen LogP contribution in [0.15, 0.2) is 41.5 Å². The molecule has 5 nitrogen and oxygen atoms in total. The van der Waals surface area contributed by atoms with Crippen LogP contribution in [-0.4, -0.2) is 41.4 Å². The average Bonchev–Trinajstić information content (AvgIpc) is 3.04. The number of aliphatic hydroxyl groups is 1. The number of pyridine rings is 1. The van der Waals surface area contributed by atoms with Gasteiger partial charge in [-0.15, -0.1) is 13.2 Å². The van der Waals surface area contributed by atoms with Crippen molar-refractivity contribution in [1.29, 1.82) is 0 Å². The summed E-state index contributed by atoms with van der Waals surface area (Å²) in [4.78, 5) is 11.0. The van der Waals surface area contributed by atoms with Crippen molar-refractivity contribution < 1.29 is 23.0 Å². The van der Waals surface area contributed by atoms with Crippen LogP contribution in [-0.2, 0) is 6.54 Å². The molecule has 142 valence electrons. The van der Waals surface area contributed by atoms with E-state index in [4.69, 9.17) is 0 Å². The third-order valence-corrected chi connectivity index (χ3v) is 4.78. The van der Waals surface area contributed by atoms with E-state index < -0.39 is 6.36 Å². The minimum Gasteiger partial charge on any atom is -0.406 e. The molecular formula is C19H18F3N3O2. The second-order valence-corrected chi connectivity index (χ2v) is 6.65. The predicted molar refractivity (Wildman–Crippen MR) is 94.2 cm³/mol. The van der Waals surface area contributed by atoms with Crippen LogP contribution in [0.5, 0.6) is 5.75 Å². The summed E-state index contributed by atoms with van der Waals surface area (Å²) in [5.41, 5.74) is 2.94. The summed E-state index contributed by atoms with van der Waals surface area (Å²) in [5, 5.41) is 9.66. The molecule has 1 N–H and O–H groups in total. The van der Waals surface area contributed by atoms with Gasteiger partial charge in [0.05, 0.1) is 18.4 Å². The van der Waals surface area contributed by atoms with Crippen LogP contribution in [0.3, 0.4) is 0 Å². The summed E-state index contributed by atoms with van der Waals surface area (Å²) in [6, 6.07) is 7.99. The lowest BCUT2D eigenvalue weighted by atomic mass is 10.00. The third kappa shape index (κ3) is 3.90. The summed E-state index contributed by atoms with van der Waals surface area (Å²) in [6.07, 6.45) is -1.96. The predicted octanol–water partition coefficient (Wildman–Crippen LogP) is 3.29. The van der Waals surface area contributed by atoms with Gasteiger partial charge in [0.1, 0.15) is 11.6 Å². The van der Waals surface area contributed by atoms with Crippen LogP contribution in [0.1, 0.15) is 29.5 Å². The van der Waals surface area contributed by atoms with Crippen LogP contribution in [0.4, 0.5) is 19.0 Å². The number of aliphatic hydroxyl groups excluding tert-OH is 1. The summed E-state index contributed by atoms with van der Waals surface area (Å²) in [6.45, 7) is 1.85. The van der Waals surface area contributed by atoms with Gasteiger partial charge in [-0.25, -0.2) is 4.98 Å². The van der Waals surface area contributed by atoms with Crippen molar-refractivity contribution in [2.75, 3.05) is 18.0 Å². The minimum absolute atomic E-state index is 0.254. The standard InChI is InChI=1S/C19H18F3N3O2/c20-19(21,22)27-15-2-1-13-11-24-18(16(13)10-15)12-3-6-23-17(9-12)25-7-4-14(26)5-8-25/h1-3,6,9-10,14,26H,4-5,7-8,11H2. The van der Waals surface area contributed by atoms with Crippen molar-refractivity contribution >= 4 is 11.5 Å². The number of aliphatic imine (C=N–C) groups is 1. The highest BCUT2D eigenvalue weighted by molar-refractivity contribution is 6.15. The van der Waals surface area contributed by atoms with E-state index in [0.717, 1.165) is 16.9 Å². The molecule has 0 bridgehead atoms. The number of aromatic nitrogens is 1. The van der Waals surface area contributed by atoms with Crippen molar-refractivity contribution in [1.82, 2.24) is 4.98 Å². The number of rotatable bonds is 3. The van der Waals surface area contributed by atoms with Crippen LogP contribution in [0, 0.1) is 0 Å². The lowest BCUT2D eigenvalue weighted by Gasteiger charge is -2.30. The van der Waals surface area contributed by atoms with E-state index in [0.29, 0.717) is 43.8 Å². The molecule has 1 aromatic carbocycles. The topological polar surface area (TPSA) is 58.0 Å². The van der Waals surface area contributed by atoms with Gasteiger partial charge in [0, 0.05) is 30.4 Å². The quantitative estimate of drug-likeness (QED) is 0.892. The fourth-order valence-corrected chi connectivity index (χ4v) is 3.44. The molecule has 1 aromatic heterocycles. The Kier molecular flexibility index (Phi) is 4.51. The molecule has 0 aliphatic carbocycles. The van der Waals surface area contributed by atoms with Crippen molar-refractivity contribution in [3.63, 3.8) is 0 Å². The zero-order valence-corrected chi connectivity index (χ0v) is 14.4. The maximum absolute atomic E-state index is 12.5. The lowest BCUT2D eigenvalue weighted by Crippen LogP contribution is -2.36. The van der Waals surface area contributed by atoms with E-state index in [1.54, 1.807) is 18.3 Å². The SMILES string of the molecule is OC1CCN(c2cc(C3=NCc4ccc(OC(F)(F)F)cc43)ccn2)CC1. The highest BCUT2D eigenvalue weighted by atomic mass is 19.4. The molecule has 0 amide bonds. The monoisotopic (exact) mass is 377 g/mol. The van der Waals surface area contributed by atoms with Gasteiger partial charge in [0.25, 0.3) is 0 Å². The first-order chi connectivity index (χ1) is 12.9. The molecule has 8 heteroatoms. The zero-order chi connectivity index (χ0) is 19.0. The Morgan fingerprint density at radius 3 is 2.63 bits per heavy atom. The van der Waals surface area contributed by atoms with Crippen molar-refractivity contribution in [2.24, 2.45) is 4.99 Å². The zero-order valence-electron chi connectivity index (χ0n) is 14.4. The van der Waals surface area contributed by atoms with E-state index in [-0.39, 0.29) is 11.9 Å². The minimum atomic E-state index is -4.73. The molecule has 2 aliphatic heterocycles. The molecule has 0 atom stereocenters. The first kappa shape index (κ1) is 17.8. The van der Waals surface area contributed by atoms with E-state index in [1.807, 2.05) is 6.07 Å². The number of benzene rings is 1. The average molecular weight is 377 g/mol. The molecule has 0 saturated carbocycles. The molecule has 27 heavy (non-hydrogen) atoms. The summed E-state index contributed by atoms with van der Waals surface area (Å²) in [7, 11) is 0. The van der Waals surface area contributed by atoms with Gasteiger partial charge in [-0.2, -0.15) is 0 Å². The number of nitrogens with zero attached hydrogens (tertiary/aromatic N) is 3. The van der Waals surface area contributed by atoms with Crippen molar-refractivity contribution in [3.05, 3.63) is 53.2 Å². The fourth-order valence-electron chi connectivity index (χ4n) is 3.44.